The summed E-state index contributed by atoms with van der Waals surface area (Å²) in [4.78, 5) is 7.04. The first kappa shape index (κ1) is 9.83. The van der Waals surface area contributed by atoms with Gasteiger partial charge in [-0.2, -0.15) is 0 Å². The quantitative estimate of drug-likeness (QED) is 0.850. The summed E-state index contributed by atoms with van der Waals surface area (Å²) in [6.45, 7) is 4.06. The highest BCUT2D eigenvalue weighted by Crippen LogP contribution is 2.29. The fourth-order valence-corrected chi connectivity index (χ4v) is 2.86. The van der Waals surface area contributed by atoms with Gasteiger partial charge in [0.1, 0.15) is 5.01 Å². The van der Waals surface area contributed by atoms with Gasteiger partial charge in [-0.1, -0.05) is 0 Å². The third kappa shape index (κ3) is 1.87. The number of rotatable bonds is 2. The summed E-state index contributed by atoms with van der Waals surface area (Å²) in [6, 6.07) is 4.26. The van der Waals surface area contributed by atoms with Gasteiger partial charge in [-0.25, -0.2) is 4.98 Å². The van der Waals surface area contributed by atoms with Crippen LogP contribution in [0.1, 0.15) is 22.9 Å². The summed E-state index contributed by atoms with van der Waals surface area (Å²) in [6.07, 6.45) is 0. The van der Waals surface area contributed by atoms with Crippen molar-refractivity contribution in [1.82, 2.24) is 4.98 Å². The van der Waals surface area contributed by atoms with E-state index < -0.39 is 0 Å². The molecule has 2 aromatic rings. The fourth-order valence-electron chi connectivity index (χ4n) is 1.18. The normalized spacial score (nSPS) is 13.1. The summed E-state index contributed by atoms with van der Waals surface area (Å²) >= 11 is 3.40. The molecule has 0 aliphatic rings. The standard InChI is InChI=1S/C10H12N2S2/c1-6-3-4-9(14-6)8-5-13-10(12-8)7(2)11/h3-5,7H,11H2,1-2H3. The summed E-state index contributed by atoms with van der Waals surface area (Å²) in [7, 11) is 0. The van der Waals surface area contributed by atoms with Crippen LogP contribution < -0.4 is 5.73 Å². The number of hydrogen-bond donors (Lipinski definition) is 1. The highest BCUT2D eigenvalue weighted by Gasteiger charge is 2.08. The molecule has 1 atom stereocenters. The van der Waals surface area contributed by atoms with Crippen molar-refractivity contribution in [3.8, 4) is 10.6 Å². The van der Waals surface area contributed by atoms with Gasteiger partial charge in [-0.05, 0) is 26.0 Å². The molecule has 0 aliphatic heterocycles. The van der Waals surface area contributed by atoms with E-state index in [1.165, 1.54) is 9.75 Å². The third-order valence-electron chi connectivity index (χ3n) is 1.90. The largest absolute Gasteiger partial charge is 0.322 e. The second-order valence-electron chi connectivity index (χ2n) is 3.27. The molecule has 2 rings (SSSR count). The maximum atomic E-state index is 5.76. The number of hydrogen-bond acceptors (Lipinski definition) is 4. The van der Waals surface area contributed by atoms with Crippen molar-refractivity contribution >= 4 is 22.7 Å². The number of nitrogens with zero attached hydrogens (tertiary/aromatic N) is 1. The second kappa shape index (κ2) is 3.81. The molecule has 0 fully saturated rings. The van der Waals surface area contributed by atoms with Gasteiger partial charge in [0.25, 0.3) is 0 Å². The Labute approximate surface area is 91.4 Å². The topological polar surface area (TPSA) is 38.9 Å². The van der Waals surface area contributed by atoms with Crippen LogP contribution in [0.15, 0.2) is 17.5 Å². The molecule has 4 heteroatoms. The highest BCUT2D eigenvalue weighted by atomic mass is 32.1. The number of thiazole rings is 1. The molecule has 14 heavy (non-hydrogen) atoms. The molecule has 0 aliphatic carbocycles. The number of nitrogens with two attached hydrogens (primary N) is 1. The molecule has 0 radical (unpaired) electrons. The minimum absolute atomic E-state index is 0.0369. The van der Waals surface area contributed by atoms with Crippen LogP contribution >= 0.6 is 22.7 Å². The first-order chi connectivity index (χ1) is 6.66. The van der Waals surface area contributed by atoms with Gasteiger partial charge in [0, 0.05) is 10.3 Å². The number of thiophene rings is 1. The second-order valence-corrected chi connectivity index (χ2v) is 5.45. The average Bonchev–Trinajstić information content (AvgIpc) is 2.70. The number of aromatic nitrogens is 1. The Morgan fingerprint density at radius 2 is 2.21 bits per heavy atom. The van der Waals surface area contributed by atoms with Crippen LogP contribution in [0.4, 0.5) is 0 Å². The van der Waals surface area contributed by atoms with E-state index in [2.05, 4.69) is 29.4 Å². The smallest absolute Gasteiger partial charge is 0.110 e. The lowest BCUT2D eigenvalue weighted by Gasteiger charge is -1.96. The van der Waals surface area contributed by atoms with Crippen molar-refractivity contribution in [3.63, 3.8) is 0 Å². The van der Waals surface area contributed by atoms with E-state index in [4.69, 9.17) is 5.73 Å². The Morgan fingerprint density at radius 3 is 2.71 bits per heavy atom. The van der Waals surface area contributed by atoms with Crippen molar-refractivity contribution < 1.29 is 0 Å². The van der Waals surface area contributed by atoms with E-state index in [0.717, 1.165) is 10.7 Å². The molecule has 2 N–H and O–H groups in total. The molecule has 74 valence electrons. The maximum absolute atomic E-state index is 5.76. The Morgan fingerprint density at radius 1 is 1.43 bits per heavy atom. The SMILES string of the molecule is Cc1ccc(-c2csc(C(C)N)n2)s1. The van der Waals surface area contributed by atoms with Gasteiger partial charge in [-0.3, -0.25) is 0 Å². The molecule has 0 spiro atoms. The van der Waals surface area contributed by atoms with Gasteiger partial charge in [0.15, 0.2) is 0 Å². The van der Waals surface area contributed by atoms with Crippen LogP contribution in [0.2, 0.25) is 0 Å². The summed E-state index contributed by atoms with van der Waals surface area (Å²) < 4.78 is 0. The molecule has 2 heterocycles. The predicted molar refractivity (Wildman–Crippen MR) is 62.8 cm³/mol. The minimum Gasteiger partial charge on any atom is -0.322 e. The fraction of sp³-hybridized carbons (Fsp3) is 0.300. The van der Waals surface area contributed by atoms with Crippen molar-refractivity contribution in [1.29, 1.82) is 0 Å². The molecular formula is C10H12N2S2. The molecule has 0 saturated carbocycles. The molecule has 0 aromatic carbocycles. The summed E-state index contributed by atoms with van der Waals surface area (Å²) in [5, 5.41) is 3.08. The first-order valence-corrected chi connectivity index (χ1v) is 6.14. The molecule has 1 unspecified atom stereocenters. The lowest BCUT2D eigenvalue weighted by Crippen LogP contribution is -2.03. The number of aryl methyl sites for hydroxylation is 1. The van der Waals surface area contributed by atoms with Crippen molar-refractivity contribution in [3.05, 3.63) is 27.4 Å². The zero-order valence-electron chi connectivity index (χ0n) is 8.15. The van der Waals surface area contributed by atoms with Gasteiger partial charge in [-0.15, -0.1) is 22.7 Å². The van der Waals surface area contributed by atoms with E-state index in [9.17, 15) is 0 Å². The van der Waals surface area contributed by atoms with Gasteiger partial charge < -0.3 is 5.73 Å². The zero-order valence-corrected chi connectivity index (χ0v) is 9.78. The van der Waals surface area contributed by atoms with Gasteiger partial charge in [0.2, 0.25) is 0 Å². The van der Waals surface area contributed by atoms with E-state index in [-0.39, 0.29) is 6.04 Å². The van der Waals surface area contributed by atoms with Crippen molar-refractivity contribution in [2.24, 2.45) is 5.73 Å². The van der Waals surface area contributed by atoms with E-state index in [1.54, 1.807) is 22.7 Å². The molecule has 2 aromatic heterocycles. The molecule has 0 saturated heterocycles. The first-order valence-electron chi connectivity index (χ1n) is 4.44. The van der Waals surface area contributed by atoms with Crippen molar-refractivity contribution in [2.45, 2.75) is 19.9 Å². The molecule has 0 bridgehead atoms. The van der Waals surface area contributed by atoms with E-state index >= 15 is 0 Å². The minimum atomic E-state index is 0.0369. The van der Waals surface area contributed by atoms with Crippen LogP contribution in [0.25, 0.3) is 10.6 Å². The molecule has 0 amide bonds. The highest BCUT2D eigenvalue weighted by molar-refractivity contribution is 7.16. The average molecular weight is 224 g/mol. The lowest BCUT2D eigenvalue weighted by molar-refractivity contribution is 0.808. The monoisotopic (exact) mass is 224 g/mol. The maximum Gasteiger partial charge on any atom is 0.110 e. The molecule has 2 nitrogen and oxygen atoms in total. The van der Waals surface area contributed by atoms with Crippen molar-refractivity contribution in [2.75, 3.05) is 0 Å². The van der Waals surface area contributed by atoms with Gasteiger partial charge in [0.05, 0.1) is 16.6 Å². The summed E-state index contributed by atoms with van der Waals surface area (Å²) in [5.74, 6) is 0. The van der Waals surface area contributed by atoms with Gasteiger partial charge >= 0.3 is 0 Å². The molecular weight excluding hydrogens is 212 g/mol. The van der Waals surface area contributed by atoms with E-state index in [1.807, 2.05) is 6.92 Å². The Balaban J connectivity index is 2.33. The third-order valence-corrected chi connectivity index (χ3v) is 3.97. The Bertz CT molecular complexity index is 429. The van der Waals surface area contributed by atoms with Crippen LogP contribution in [-0.2, 0) is 0 Å². The Hall–Kier alpha value is -0.710. The van der Waals surface area contributed by atoms with Crippen LogP contribution in [0.5, 0.6) is 0 Å². The zero-order chi connectivity index (χ0) is 10.1. The Kier molecular flexibility index (Phi) is 2.67. The lowest BCUT2D eigenvalue weighted by atomic mass is 10.3. The summed E-state index contributed by atoms with van der Waals surface area (Å²) in [5.41, 5.74) is 6.82. The van der Waals surface area contributed by atoms with E-state index in [0.29, 0.717) is 0 Å². The van der Waals surface area contributed by atoms with Crippen LogP contribution in [0.3, 0.4) is 0 Å². The predicted octanol–water partition coefficient (Wildman–Crippen LogP) is 3.20. The van der Waals surface area contributed by atoms with Crippen LogP contribution in [0, 0.1) is 6.92 Å². The van der Waals surface area contributed by atoms with Crippen LogP contribution in [-0.4, -0.2) is 4.98 Å².